The Labute approximate surface area is 122 Å². The Bertz CT molecular complexity index is 294. The Morgan fingerprint density at radius 3 is 2.30 bits per heavy atom. The first-order valence-corrected chi connectivity index (χ1v) is 7.64. The van der Waals surface area contributed by atoms with Crippen LogP contribution in [0.4, 0.5) is 4.79 Å². The van der Waals surface area contributed by atoms with Gasteiger partial charge in [-0.25, -0.2) is 4.79 Å². The summed E-state index contributed by atoms with van der Waals surface area (Å²) in [5.41, 5.74) is -0.441. The Balaban J connectivity index is 2.20. The van der Waals surface area contributed by atoms with Crippen LogP contribution in [0.15, 0.2) is 0 Å². The average Bonchev–Trinajstić information content (AvgIpc) is 2.35. The van der Waals surface area contributed by atoms with Crippen LogP contribution in [0.25, 0.3) is 0 Å². The number of hydrogen-bond acceptors (Lipinski definition) is 4. The standard InChI is InChI=1S/C15H30N2O3/c1-11(10-18)9-16-12-5-7-13(8-6-12)17-14(19)20-15(2,3)4/h11-13,16,18H,5-10H2,1-4H3,(H,17,19). The summed E-state index contributed by atoms with van der Waals surface area (Å²) in [6.07, 6.45) is 3.74. The number of carbonyl (C=O) groups excluding carboxylic acids is 1. The molecule has 0 aromatic heterocycles. The molecule has 1 fully saturated rings. The summed E-state index contributed by atoms with van der Waals surface area (Å²) >= 11 is 0. The third-order valence-electron chi connectivity index (χ3n) is 3.51. The first-order chi connectivity index (χ1) is 9.30. The van der Waals surface area contributed by atoms with Crippen molar-refractivity contribution in [3.8, 4) is 0 Å². The third kappa shape index (κ3) is 7.10. The monoisotopic (exact) mass is 286 g/mol. The molecule has 0 heterocycles. The fraction of sp³-hybridized carbons (Fsp3) is 0.933. The van der Waals surface area contributed by atoms with Crippen LogP contribution in [0, 0.1) is 5.92 Å². The minimum Gasteiger partial charge on any atom is -0.444 e. The van der Waals surface area contributed by atoms with Crippen LogP contribution in [0.1, 0.15) is 53.4 Å². The van der Waals surface area contributed by atoms with Gasteiger partial charge in [0.15, 0.2) is 0 Å². The maximum absolute atomic E-state index is 11.7. The Hall–Kier alpha value is -0.810. The van der Waals surface area contributed by atoms with E-state index in [0.29, 0.717) is 12.0 Å². The number of amides is 1. The molecule has 5 nitrogen and oxygen atoms in total. The van der Waals surface area contributed by atoms with Crippen molar-refractivity contribution in [2.45, 2.75) is 71.1 Å². The fourth-order valence-electron chi connectivity index (χ4n) is 2.35. The molecule has 3 N–H and O–H groups in total. The van der Waals surface area contributed by atoms with Gasteiger partial charge in [-0.1, -0.05) is 6.92 Å². The third-order valence-corrected chi connectivity index (χ3v) is 3.51. The normalized spacial score (nSPS) is 25.1. The molecule has 0 aliphatic heterocycles. The Morgan fingerprint density at radius 1 is 1.25 bits per heavy atom. The van der Waals surface area contributed by atoms with Crippen LogP contribution in [0.2, 0.25) is 0 Å². The summed E-state index contributed by atoms with van der Waals surface area (Å²) in [7, 11) is 0. The minimum atomic E-state index is -0.441. The maximum atomic E-state index is 11.7. The molecule has 0 bridgehead atoms. The summed E-state index contributed by atoms with van der Waals surface area (Å²) in [5.74, 6) is 0.299. The molecular formula is C15H30N2O3. The summed E-state index contributed by atoms with van der Waals surface area (Å²) in [4.78, 5) is 11.7. The summed E-state index contributed by atoms with van der Waals surface area (Å²) in [6, 6.07) is 0.721. The molecule has 1 aliphatic rings. The van der Waals surface area contributed by atoms with Crippen LogP contribution < -0.4 is 10.6 Å². The second-order valence-electron chi connectivity index (χ2n) is 6.89. The quantitative estimate of drug-likeness (QED) is 0.723. The lowest BCUT2D eigenvalue weighted by Gasteiger charge is -2.31. The highest BCUT2D eigenvalue weighted by molar-refractivity contribution is 5.68. The molecule has 1 aliphatic carbocycles. The van der Waals surface area contributed by atoms with E-state index in [-0.39, 0.29) is 18.7 Å². The lowest BCUT2D eigenvalue weighted by Crippen LogP contribution is -2.44. The van der Waals surface area contributed by atoms with Gasteiger partial charge in [0.2, 0.25) is 0 Å². The molecule has 1 amide bonds. The summed E-state index contributed by atoms with van der Waals surface area (Å²) < 4.78 is 5.27. The fourth-order valence-corrected chi connectivity index (χ4v) is 2.35. The van der Waals surface area contributed by atoms with Crippen LogP contribution in [0.3, 0.4) is 0 Å². The largest absolute Gasteiger partial charge is 0.444 e. The van der Waals surface area contributed by atoms with Gasteiger partial charge in [0.25, 0.3) is 0 Å². The number of nitrogens with one attached hydrogen (secondary N) is 2. The zero-order valence-electron chi connectivity index (χ0n) is 13.2. The zero-order valence-corrected chi connectivity index (χ0v) is 13.2. The summed E-state index contributed by atoms with van der Waals surface area (Å²) in [6.45, 7) is 8.72. The second kappa shape index (κ2) is 7.84. The molecule has 0 spiro atoms. The maximum Gasteiger partial charge on any atom is 0.407 e. The average molecular weight is 286 g/mol. The van der Waals surface area contributed by atoms with Crippen molar-refractivity contribution in [3.63, 3.8) is 0 Å². The molecule has 20 heavy (non-hydrogen) atoms. The molecule has 5 heteroatoms. The Morgan fingerprint density at radius 2 is 1.80 bits per heavy atom. The number of hydrogen-bond donors (Lipinski definition) is 3. The molecule has 0 aromatic carbocycles. The Kier molecular flexibility index (Phi) is 6.76. The van der Waals surface area contributed by atoms with Crippen LogP contribution in [-0.4, -0.2) is 42.0 Å². The van der Waals surface area contributed by atoms with Gasteiger partial charge in [-0.2, -0.15) is 0 Å². The molecule has 0 saturated heterocycles. The highest BCUT2D eigenvalue weighted by Crippen LogP contribution is 2.19. The number of rotatable bonds is 5. The highest BCUT2D eigenvalue weighted by atomic mass is 16.6. The molecule has 1 rings (SSSR count). The van der Waals surface area contributed by atoms with Crippen molar-refractivity contribution in [3.05, 3.63) is 0 Å². The summed E-state index contributed by atoms with van der Waals surface area (Å²) in [5, 5.41) is 15.4. The second-order valence-corrected chi connectivity index (χ2v) is 6.89. The zero-order chi connectivity index (χ0) is 15.2. The van der Waals surface area contributed by atoms with Gasteiger partial charge in [-0.3, -0.25) is 0 Å². The van der Waals surface area contributed by atoms with Crippen molar-refractivity contribution in [1.29, 1.82) is 0 Å². The van der Waals surface area contributed by atoms with Crippen molar-refractivity contribution in [2.24, 2.45) is 5.92 Å². The SMILES string of the molecule is CC(CO)CNC1CCC(NC(=O)OC(C)(C)C)CC1. The van der Waals surface area contributed by atoms with Crippen LogP contribution in [0.5, 0.6) is 0 Å². The topological polar surface area (TPSA) is 70.6 Å². The van der Waals surface area contributed by atoms with Gasteiger partial charge in [-0.15, -0.1) is 0 Å². The van der Waals surface area contributed by atoms with E-state index in [1.54, 1.807) is 0 Å². The van der Waals surface area contributed by atoms with Crippen molar-refractivity contribution in [2.75, 3.05) is 13.2 Å². The van der Waals surface area contributed by atoms with E-state index in [1.807, 2.05) is 27.7 Å². The number of ether oxygens (including phenoxy) is 1. The molecule has 1 atom stereocenters. The van der Waals surface area contributed by atoms with Crippen LogP contribution >= 0.6 is 0 Å². The predicted octanol–water partition coefficient (Wildman–Crippen LogP) is 2.04. The van der Waals surface area contributed by atoms with Gasteiger partial charge in [0.1, 0.15) is 5.60 Å². The van der Waals surface area contributed by atoms with E-state index in [9.17, 15) is 4.79 Å². The van der Waals surface area contributed by atoms with Crippen LogP contribution in [-0.2, 0) is 4.74 Å². The number of carbonyl (C=O) groups is 1. The van der Waals surface area contributed by atoms with Gasteiger partial charge in [0.05, 0.1) is 0 Å². The molecule has 0 radical (unpaired) electrons. The molecule has 1 saturated carbocycles. The first-order valence-electron chi connectivity index (χ1n) is 7.64. The van der Waals surface area contributed by atoms with Crippen molar-refractivity contribution >= 4 is 6.09 Å². The molecule has 1 unspecified atom stereocenters. The highest BCUT2D eigenvalue weighted by Gasteiger charge is 2.24. The number of aliphatic hydroxyl groups is 1. The van der Waals surface area contributed by atoms with Gasteiger partial charge in [0, 0.05) is 25.2 Å². The smallest absolute Gasteiger partial charge is 0.407 e. The number of aliphatic hydroxyl groups excluding tert-OH is 1. The molecular weight excluding hydrogens is 256 g/mol. The first kappa shape index (κ1) is 17.2. The van der Waals surface area contributed by atoms with E-state index >= 15 is 0 Å². The number of alkyl carbamates (subject to hydrolysis) is 1. The molecule has 0 aromatic rings. The lowest BCUT2D eigenvalue weighted by molar-refractivity contribution is 0.0489. The van der Waals surface area contributed by atoms with Gasteiger partial charge >= 0.3 is 6.09 Å². The van der Waals surface area contributed by atoms with Crippen molar-refractivity contribution < 1.29 is 14.6 Å². The van der Waals surface area contributed by atoms with Gasteiger partial charge in [-0.05, 0) is 52.4 Å². The van der Waals surface area contributed by atoms with E-state index in [2.05, 4.69) is 10.6 Å². The molecule has 118 valence electrons. The minimum absolute atomic E-state index is 0.221. The predicted molar refractivity (Wildman–Crippen MR) is 79.7 cm³/mol. The van der Waals surface area contributed by atoms with E-state index < -0.39 is 5.60 Å². The van der Waals surface area contributed by atoms with E-state index in [0.717, 1.165) is 32.2 Å². The lowest BCUT2D eigenvalue weighted by atomic mass is 9.91. The van der Waals surface area contributed by atoms with E-state index in [4.69, 9.17) is 9.84 Å². The van der Waals surface area contributed by atoms with E-state index in [1.165, 1.54) is 0 Å². The van der Waals surface area contributed by atoms with Gasteiger partial charge < -0.3 is 20.5 Å². The van der Waals surface area contributed by atoms with Crippen molar-refractivity contribution in [1.82, 2.24) is 10.6 Å².